The van der Waals surface area contributed by atoms with E-state index in [1.54, 1.807) is 0 Å². The molecule has 0 saturated heterocycles. The van der Waals surface area contributed by atoms with Gasteiger partial charge in [0.25, 0.3) is 5.69 Å². The Morgan fingerprint density at radius 3 is 2.19 bits per heavy atom. The van der Waals surface area contributed by atoms with Crippen LogP contribution in [0.4, 0.5) is 5.69 Å². The highest BCUT2D eigenvalue weighted by Crippen LogP contribution is 2.26. The minimum Gasteiger partial charge on any atom is -0.478 e. The summed E-state index contributed by atoms with van der Waals surface area (Å²) in [5.41, 5.74) is -0.168. The molecule has 21 heavy (non-hydrogen) atoms. The van der Waals surface area contributed by atoms with Crippen LogP contribution in [0.3, 0.4) is 0 Å². The number of hydrogen-bond donors (Lipinski definition) is 2. The van der Waals surface area contributed by atoms with Gasteiger partial charge in [-0.25, -0.2) is 14.6 Å². The second-order valence-corrected chi connectivity index (χ2v) is 4.03. The summed E-state index contributed by atoms with van der Waals surface area (Å²) in [6.07, 6.45) is 0.947. The lowest BCUT2D eigenvalue weighted by Gasteiger charge is -2.07. The van der Waals surface area contributed by atoms with Gasteiger partial charge in [-0.2, -0.15) is 0 Å². The van der Waals surface area contributed by atoms with Crippen LogP contribution in [0.1, 0.15) is 20.8 Å². The number of nitro benzene ring substituents is 1. The van der Waals surface area contributed by atoms with Crippen molar-refractivity contribution in [2.75, 3.05) is 0 Å². The molecule has 8 heteroatoms. The highest BCUT2D eigenvalue weighted by Gasteiger charge is 2.17. The molecule has 106 valence electrons. The van der Waals surface area contributed by atoms with E-state index in [2.05, 4.69) is 4.98 Å². The first kappa shape index (κ1) is 14.1. The Hall–Kier alpha value is -3.29. The predicted octanol–water partition coefficient (Wildman–Crippen LogP) is 2.05. The summed E-state index contributed by atoms with van der Waals surface area (Å²) in [7, 11) is 0. The number of rotatable bonds is 4. The molecule has 0 spiro atoms. The molecule has 2 aromatic rings. The number of aromatic nitrogens is 1. The Morgan fingerprint density at radius 2 is 1.71 bits per heavy atom. The van der Waals surface area contributed by atoms with Gasteiger partial charge in [0.15, 0.2) is 0 Å². The van der Waals surface area contributed by atoms with Crippen LogP contribution in [0.2, 0.25) is 0 Å². The maximum absolute atomic E-state index is 11.2. The predicted molar refractivity (Wildman–Crippen MR) is 70.2 cm³/mol. The number of non-ortho nitro benzene ring substituents is 1. The quantitative estimate of drug-likeness (QED) is 0.650. The summed E-state index contributed by atoms with van der Waals surface area (Å²) in [5, 5.41) is 28.6. The van der Waals surface area contributed by atoms with Crippen molar-refractivity contribution in [3.05, 3.63) is 57.9 Å². The third-order valence-electron chi connectivity index (χ3n) is 2.74. The van der Waals surface area contributed by atoms with Crippen LogP contribution < -0.4 is 0 Å². The number of aromatic carboxylic acids is 2. The normalized spacial score (nSPS) is 10.1. The fourth-order valence-corrected chi connectivity index (χ4v) is 1.74. The molecule has 2 N–H and O–H groups in total. The average Bonchev–Trinajstić information content (AvgIpc) is 2.46. The molecule has 1 aromatic carbocycles. The van der Waals surface area contributed by atoms with Crippen molar-refractivity contribution in [3.63, 3.8) is 0 Å². The van der Waals surface area contributed by atoms with Gasteiger partial charge in [0.2, 0.25) is 0 Å². The first-order valence-electron chi connectivity index (χ1n) is 5.61. The number of carboxylic acids is 2. The molecule has 1 heterocycles. The molecular weight excluding hydrogens is 280 g/mol. The lowest BCUT2D eigenvalue weighted by atomic mass is 10.0. The van der Waals surface area contributed by atoms with E-state index in [-0.39, 0.29) is 22.5 Å². The van der Waals surface area contributed by atoms with Crippen molar-refractivity contribution in [2.45, 2.75) is 0 Å². The first-order chi connectivity index (χ1) is 9.90. The Labute approximate surface area is 117 Å². The van der Waals surface area contributed by atoms with Crippen LogP contribution in [0, 0.1) is 10.1 Å². The fraction of sp³-hybridized carbons (Fsp3) is 0. The molecule has 2 rings (SSSR count). The molecule has 0 unspecified atom stereocenters. The zero-order chi connectivity index (χ0) is 15.6. The van der Waals surface area contributed by atoms with Crippen molar-refractivity contribution < 1.29 is 24.7 Å². The number of nitrogens with zero attached hydrogens (tertiary/aromatic N) is 2. The van der Waals surface area contributed by atoms with Gasteiger partial charge in [-0.15, -0.1) is 0 Å². The molecule has 0 fully saturated rings. The lowest BCUT2D eigenvalue weighted by molar-refractivity contribution is -0.384. The number of benzene rings is 1. The van der Waals surface area contributed by atoms with Crippen molar-refractivity contribution in [1.82, 2.24) is 4.98 Å². The summed E-state index contributed by atoms with van der Waals surface area (Å²) in [4.78, 5) is 35.6. The summed E-state index contributed by atoms with van der Waals surface area (Å²) in [5.74, 6) is -2.57. The van der Waals surface area contributed by atoms with Gasteiger partial charge in [-0.05, 0) is 23.8 Å². The second-order valence-electron chi connectivity index (χ2n) is 4.03. The van der Waals surface area contributed by atoms with E-state index in [9.17, 15) is 19.7 Å². The highest BCUT2D eigenvalue weighted by molar-refractivity contribution is 5.97. The summed E-state index contributed by atoms with van der Waals surface area (Å²) in [6, 6.07) is 6.24. The Morgan fingerprint density at radius 1 is 1.10 bits per heavy atom. The summed E-state index contributed by atoms with van der Waals surface area (Å²) < 4.78 is 0. The molecule has 1 aromatic heterocycles. The highest BCUT2D eigenvalue weighted by atomic mass is 16.6. The van der Waals surface area contributed by atoms with Gasteiger partial charge >= 0.3 is 11.9 Å². The van der Waals surface area contributed by atoms with Crippen LogP contribution in [0.5, 0.6) is 0 Å². The van der Waals surface area contributed by atoms with Crippen LogP contribution in [-0.4, -0.2) is 32.1 Å². The molecule has 0 amide bonds. The SMILES string of the molecule is O=C(O)c1cc(-c2ccc([N+](=O)[O-])cc2)c(C(=O)O)cn1. The van der Waals surface area contributed by atoms with Crippen LogP contribution in [0.15, 0.2) is 36.5 Å². The molecule has 0 radical (unpaired) electrons. The third kappa shape index (κ3) is 2.84. The molecule has 0 bridgehead atoms. The van der Waals surface area contributed by atoms with Crippen LogP contribution >= 0.6 is 0 Å². The monoisotopic (exact) mass is 288 g/mol. The Bertz CT molecular complexity index is 739. The molecule has 0 saturated carbocycles. The number of carboxylic acid groups (broad SMARTS) is 2. The number of hydrogen-bond acceptors (Lipinski definition) is 5. The maximum atomic E-state index is 11.2. The number of pyridine rings is 1. The molecule has 0 aliphatic carbocycles. The van der Waals surface area contributed by atoms with Crippen molar-refractivity contribution in [2.24, 2.45) is 0 Å². The zero-order valence-electron chi connectivity index (χ0n) is 10.4. The third-order valence-corrected chi connectivity index (χ3v) is 2.74. The van der Waals surface area contributed by atoms with Crippen molar-refractivity contribution in [3.8, 4) is 11.1 Å². The lowest BCUT2D eigenvalue weighted by Crippen LogP contribution is -2.06. The average molecular weight is 288 g/mol. The molecule has 0 aliphatic heterocycles. The van der Waals surface area contributed by atoms with Gasteiger partial charge < -0.3 is 10.2 Å². The van der Waals surface area contributed by atoms with Gasteiger partial charge in [-0.3, -0.25) is 10.1 Å². The molecule has 0 aliphatic rings. The summed E-state index contributed by atoms with van der Waals surface area (Å²) >= 11 is 0. The second kappa shape index (κ2) is 5.37. The zero-order valence-corrected chi connectivity index (χ0v) is 10.4. The van der Waals surface area contributed by atoms with Crippen LogP contribution in [-0.2, 0) is 0 Å². The van der Waals surface area contributed by atoms with Gasteiger partial charge in [0, 0.05) is 23.9 Å². The van der Waals surface area contributed by atoms with E-state index in [1.807, 2.05) is 0 Å². The molecular formula is C13H8N2O6. The fourth-order valence-electron chi connectivity index (χ4n) is 1.74. The van der Waals surface area contributed by atoms with Gasteiger partial charge in [-0.1, -0.05) is 0 Å². The van der Waals surface area contributed by atoms with Gasteiger partial charge in [0.1, 0.15) is 5.69 Å². The standard InChI is InChI=1S/C13H8N2O6/c16-12(17)10-6-14-11(13(18)19)5-9(10)7-1-3-8(4-2-7)15(20)21/h1-6H,(H,16,17)(H,18,19). The van der Waals surface area contributed by atoms with E-state index in [4.69, 9.17) is 10.2 Å². The van der Waals surface area contributed by atoms with E-state index >= 15 is 0 Å². The van der Waals surface area contributed by atoms with E-state index < -0.39 is 16.9 Å². The van der Waals surface area contributed by atoms with E-state index in [0.717, 1.165) is 12.3 Å². The first-order valence-corrected chi connectivity index (χ1v) is 5.61. The Kier molecular flexibility index (Phi) is 3.61. The Balaban J connectivity index is 2.59. The van der Waals surface area contributed by atoms with Crippen molar-refractivity contribution >= 4 is 17.6 Å². The smallest absolute Gasteiger partial charge is 0.354 e. The minimum absolute atomic E-state index is 0.129. The van der Waals surface area contributed by atoms with Crippen molar-refractivity contribution in [1.29, 1.82) is 0 Å². The van der Waals surface area contributed by atoms with Crippen LogP contribution in [0.25, 0.3) is 11.1 Å². The topological polar surface area (TPSA) is 131 Å². The maximum Gasteiger partial charge on any atom is 0.354 e. The van der Waals surface area contributed by atoms with Gasteiger partial charge in [0.05, 0.1) is 10.5 Å². The number of carbonyl (C=O) groups is 2. The minimum atomic E-state index is -1.30. The number of nitro groups is 1. The van der Waals surface area contributed by atoms with E-state index in [1.165, 1.54) is 24.3 Å². The summed E-state index contributed by atoms with van der Waals surface area (Å²) in [6.45, 7) is 0. The molecule has 0 atom stereocenters. The largest absolute Gasteiger partial charge is 0.478 e. The molecule has 8 nitrogen and oxygen atoms in total. The van der Waals surface area contributed by atoms with E-state index in [0.29, 0.717) is 5.56 Å².